The van der Waals surface area contributed by atoms with E-state index in [4.69, 9.17) is 0 Å². The summed E-state index contributed by atoms with van der Waals surface area (Å²) in [6, 6.07) is 0. The highest BCUT2D eigenvalue weighted by Crippen LogP contribution is 2.46. The number of rotatable bonds is 3. The first-order valence-corrected chi connectivity index (χ1v) is 4.92. The van der Waals surface area contributed by atoms with E-state index in [1.54, 1.807) is 0 Å². The lowest BCUT2D eigenvalue weighted by atomic mass is 9.93. The predicted octanol–water partition coefficient (Wildman–Crippen LogP) is 0.880. The van der Waals surface area contributed by atoms with Crippen LogP contribution in [0.15, 0.2) is 0 Å². The molecule has 0 aromatic heterocycles. The first kappa shape index (κ1) is 8.73. The summed E-state index contributed by atoms with van der Waals surface area (Å²) in [5.41, 5.74) is 0.157. The fourth-order valence-corrected chi connectivity index (χ4v) is 2.15. The zero-order valence-electron chi connectivity index (χ0n) is 7.88. The molecular formula is C10H15NO2. The van der Waals surface area contributed by atoms with Gasteiger partial charge in [0.2, 0.25) is 5.91 Å². The van der Waals surface area contributed by atoms with E-state index in [0.717, 1.165) is 32.0 Å². The number of hydrogen-bond acceptors (Lipinski definition) is 2. The summed E-state index contributed by atoms with van der Waals surface area (Å²) in [5, 5.41) is 3.03. The SMILES string of the molecule is C[C@H](C=O)C[C@@H]1CC2(CC2)NC1=O. The van der Waals surface area contributed by atoms with Crippen LogP contribution in [0.1, 0.15) is 32.6 Å². The Labute approximate surface area is 77.9 Å². The topological polar surface area (TPSA) is 46.2 Å². The molecule has 1 heterocycles. The minimum atomic E-state index is 0.0182. The molecule has 1 saturated carbocycles. The Morgan fingerprint density at radius 2 is 2.38 bits per heavy atom. The Morgan fingerprint density at radius 3 is 2.85 bits per heavy atom. The second-order valence-electron chi connectivity index (χ2n) is 4.52. The van der Waals surface area contributed by atoms with Crippen molar-refractivity contribution in [2.75, 3.05) is 0 Å². The highest BCUT2D eigenvalue weighted by molar-refractivity contribution is 5.83. The maximum absolute atomic E-state index is 11.5. The van der Waals surface area contributed by atoms with Crippen LogP contribution < -0.4 is 5.32 Å². The first-order chi connectivity index (χ1) is 6.15. The molecule has 72 valence electrons. The van der Waals surface area contributed by atoms with Crippen molar-refractivity contribution >= 4 is 12.2 Å². The average Bonchev–Trinajstić information content (AvgIpc) is 2.75. The zero-order chi connectivity index (χ0) is 9.47. The minimum Gasteiger partial charge on any atom is -0.350 e. The van der Waals surface area contributed by atoms with Crippen molar-refractivity contribution in [2.24, 2.45) is 11.8 Å². The number of aldehydes is 1. The predicted molar refractivity (Wildman–Crippen MR) is 48.1 cm³/mol. The molecule has 0 radical (unpaired) electrons. The summed E-state index contributed by atoms with van der Waals surface area (Å²) in [4.78, 5) is 21.9. The molecule has 2 atom stereocenters. The third kappa shape index (κ3) is 1.60. The third-order valence-corrected chi connectivity index (χ3v) is 3.14. The van der Waals surface area contributed by atoms with E-state index >= 15 is 0 Å². The van der Waals surface area contributed by atoms with E-state index in [0.29, 0.717) is 0 Å². The van der Waals surface area contributed by atoms with Crippen molar-refractivity contribution in [1.29, 1.82) is 0 Å². The summed E-state index contributed by atoms with van der Waals surface area (Å²) >= 11 is 0. The summed E-state index contributed by atoms with van der Waals surface area (Å²) in [6.45, 7) is 1.87. The van der Waals surface area contributed by atoms with Crippen LogP contribution in [-0.4, -0.2) is 17.7 Å². The lowest BCUT2D eigenvalue weighted by Crippen LogP contribution is -2.27. The van der Waals surface area contributed by atoms with Gasteiger partial charge in [-0.2, -0.15) is 0 Å². The van der Waals surface area contributed by atoms with Crippen molar-refractivity contribution in [1.82, 2.24) is 5.32 Å². The lowest BCUT2D eigenvalue weighted by Gasteiger charge is -2.08. The van der Waals surface area contributed by atoms with E-state index in [1.165, 1.54) is 0 Å². The molecule has 2 rings (SSSR count). The quantitative estimate of drug-likeness (QED) is 0.657. The van der Waals surface area contributed by atoms with E-state index in [2.05, 4.69) is 5.32 Å². The molecule has 0 bridgehead atoms. The highest BCUT2D eigenvalue weighted by atomic mass is 16.2. The smallest absolute Gasteiger partial charge is 0.223 e. The van der Waals surface area contributed by atoms with Crippen LogP contribution in [0.25, 0.3) is 0 Å². The summed E-state index contributed by atoms with van der Waals surface area (Å²) in [6.07, 6.45) is 4.86. The zero-order valence-corrected chi connectivity index (χ0v) is 7.88. The van der Waals surface area contributed by atoms with Crippen LogP contribution in [-0.2, 0) is 9.59 Å². The normalized spacial score (nSPS) is 31.5. The van der Waals surface area contributed by atoms with Crippen molar-refractivity contribution in [3.63, 3.8) is 0 Å². The fraction of sp³-hybridized carbons (Fsp3) is 0.800. The van der Waals surface area contributed by atoms with Gasteiger partial charge in [0.25, 0.3) is 0 Å². The summed E-state index contributed by atoms with van der Waals surface area (Å²) in [5.74, 6) is 0.263. The summed E-state index contributed by atoms with van der Waals surface area (Å²) < 4.78 is 0. The van der Waals surface area contributed by atoms with E-state index in [9.17, 15) is 9.59 Å². The van der Waals surface area contributed by atoms with Gasteiger partial charge in [-0.05, 0) is 25.7 Å². The molecule has 1 saturated heterocycles. The number of amides is 1. The maximum Gasteiger partial charge on any atom is 0.223 e. The largest absolute Gasteiger partial charge is 0.350 e. The molecule has 1 spiro atoms. The molecule has 1 N–H and O–H groups in total. The number of carbonyl (C=O) groups is 2. The van der Waals surface area contributed by atoms with Crippen LogP contribution in [0.5, 0.6) is 0 Å². The monoisotopic (exact) mass is 181 g/mol. The third-order valence-electron chi connectivity index (χ3n) is 3.14. The second kappa shape index (κ2) is 2.82. The molecule has 0 aromatic carbocycles. The van der Waals surface area contributed by atoms with Gasteiger partial charge in [0.1, 0.15) is 6.29 Å². The average molecular weight is 181 g/mol. The van der Waals surface area contributed by atoms with Crippen LogP contribution in [0, 0.1) is 11.8 Å². The molecule has 0 unspecified atom stereocenters. The fourth-order valence-electron chi connectivity index (χ4n) is 2.15. The molecule has 2 aliphatic rings. The first-order valence-electron chi connectivity index (χ1n) is 4.92. The minimum absolute atomic E-state index is 0.0182. The molecule has 3 nitrogen and oxygen atoms in total. The molecule has 1 aliphatic heterocycles. The Hall–Kier alpha value is -0.860. The van der Waals surface area contributed by atoms with Gasteiger partial charge in [0.15, 0.2) is 0 Å². The lowest BCUT2D eigenvalue weighted by molar-refractivity contribution is -0.123. The Morgan fingerprint density at radius 1 is 1.69 bits per heavy atom. The summed E-state index contributed by atoms with van der Waals surface area (Å²) in [7, 11) is 0. The number of hydrogen-bond donors (Lipinski definition) is 1. The molecule has 1 amide bonds. The van der Waals surface area contributed by atoms with Crippen molar-refractivity contribution < 1.29 is 9.59 Å². The molecule has 0 aromatic rings. The number of carbonyl (C=O) groups excluding carboxylic acids is 2. The molecule has 2 fully saturated rings. The van der Waals surface area contributed by atoms with E-state index in [1.807, 2.05) is 6.92 Å². The van der Waals surface area contributed by atoms with E-state index < -0.39 is 0 Å². The van der Waals surface area contributed by atoms with Gasteiger partial charge in [-0.1, -0.05) is 6.92 Å². The van der Waals surface area contributed by atoms with Crippen LogP contribution in [0.2, 0.25) is 0 Å². The Balaban J connectivity index is 1.93. The van der Waals surface area contributed by atoms with Crippen molar-refractivity contribution in [3.8, 4) is 0 Å². The molecular weight excluding hydrogens is 166 g/mol. The van der Waals surface area contributed by atoms with E-state index in [-0.39, 0.29) is 23.3 Å². The standard InChI is InChI=1S/C10H15NO2/c1-7(6-12)4-8-5-10(2-3-10)11-9(8)13/h6-8H,2-5H2,1H3,(H,11,13)/t7-,8+/m0/s1. The van der Waals surface area contributed by atoms with Gasteiger partial charge >= 0.3 is 0 Å². The van der Waals surface area contributed by atoms with Gasteiger partial charge in [-0.15, -0.1) is 0 Å². The van der Waals surface area contributed by atoms with Gasteiger partial charge in [0, 0.05) is 17.4 Å². The van der Waals surface area contributed by atoms with Gasteiger partial charge in [-0.3, -0.25) is 4.79 Å². The molecule has 13 heavy (non-hydrogen) atoms. The second-order valence-corrected chi connectivity index (χ2v) is 4.52. The molecule has 3 heteroatoms. The molecule has 1 aliphatic carbocycles. The van der Waals surface area contributed by atoms with Crippen LogP contribution in [0.3, 0.4) is 0 Å². The highest BCUT2D eigenvalue weighted by Gasteiger charge is 2.52. The Bertz CT molecular complexity index is 245. The Kier molecular flexibility index (Phi) is 1.90. The van der Waals surface area contributed by atoms with Crippen molar-refractivity contribution in [3.05, 3.63) is 0 Å². The van der Waals surface area contributed by atoms with Crippen molar-refractivity contribution in [2.45, 2.75) is 38.1 Å². The van der Waals surface area contributed by atoms with Gasteiger partial charge < -0.3 is 10.1 Å². The maximum atomic E-state index is 11.5. The number of nitrogens with one attached hydrogen (secondary N) is 1. The van der Waals surface area contributed by atoms with Crippen LogP contribution >= 0.6 is 0 Å². The van der Waals surface area contributed by atoms with Gasteiger partial charge in [-0.25, -0.2) is 0 Å². The van der Waals surface area contributed by atoms with Gasteiger partial charge in [0.05, 0.1) is 0 Å². The van der Waals surface area contributed by atoms with Crippen LogP contribution in [0.4, 0.5) is 0 Å².